The predicted octanol–water partition coefficient (Wildman–Crippen LogP) is 4.80. The number of Topliss-reactive ketones (excluding diaryl/α,β-unsaturated/α-hetero) is 1. The number of hydrogen-bond acceptors (Lipinski definition) is 3. The molecule has 2 amide bonds. The van der Waals surface area contributed by atoms with Crippen LogP contribution < -0.4 is 5.32 Å². The number of carbonyl (C=O) groups is 2. The molecule has 1 atom stereocenters. The quantitative estimate of drug-likeness (QED) is 0.722. The molecular weight excluding hydrogens is 364 g/mol. The van der Waals surface area contributed by atoms with Gasteiger partial charge in [-0.3, -0.25) is 9.48 Å². The van der Waals surface area contributed by atoms with Crippen LogP contribution in [0, 0.1) is 5.41 Å². The van der Waals surface area contributed by atoms with Crippen LogP contribution in [0.25, 0.3) is 0 Å². The number of unbranched alkanes of at least 4 members (excludes halogenated alkanes) is 1. The molecule has 1 aliphatic heterocycles. The standard InChI is InChI=1S/C23H36N4O2/c1-4-5-12-24-22(29)26-13-8-11-17(26)21-20-18(14-23(2,3)15-19(20)28)27(25-21)16-9-6-7-10-16/h16-17H,4-15H2,1-3H3,(H,24,29)/t17-/m0/s1. The summed E-state index contributed by atoms with van der Waals surface area (Å²) in [7, 11) is 0. The topological polar surface area (TPSA) is 67.2 Å². The maximum atomic E-state index is 13.2. The molecule has 3 aliphatic rings. The molecule has 29 heavy (non-hydrogen) atoms. The Hall–Kier alpha value is -1.85. The SMILES string of the molecule is CCCCNC(=O)N1CCC[C@H]1c1nn(C2CCCC2)c2c1C(=O)CC(C)(C)C2. The number of nitrogens with one attached hydrogen (secondary N) is 1. The number of likely N-dealkylation sites (tertiary alicyclic amines) is 1. The number of carbonyl (C=O) groups excluding carboxylic acids is 2. The van der Waals surface area contributed by atoms with E-state index in [1.165, 1.54) is 12.8 Å². The minimum Gasteiger partial charge on any atom is -0.338 e. The second-order valence-corrected chi connectivity index (χ2v) is 9.97. The minimum absolute atomic E-state index is 0.00583. The Bertz CT molecular complexity index is 776. The number of urea groups is 1. The normalized spacial score (nSPS) is 24.2. The Morgan fingerprint density at radius 1 is 1.17 bits per heavy atom. The fourth-order valence-corrected chi connectivity index (χ4v) is 5.45. The van der Waals surface area contributed by atoms with E-state index in [1.54, 1.807) is 0 Å². The smallest absolute Gasteiger partial charge is 0.317 e. The first kappa shape index (κ1) is 20.4. The van der Waals surface area contributed by atoms with Crippen molar-refractivity contribution in [1.29, 1.82) is 0 Å². The average Bonchev–Trinajstić information content (AvgIpc) is 3.39. The molecule has 0 aromatic carbocycles. The summed E-state index contributed by atoms with van der Waals surface area (Å²) < 4.78 is 2.20. The molecule has 0 unspecified atom stereocenters. The number of hydrogen-bond donors (Lipinski definition) is 1. The third-order valence-electron chi connectivity index (χ3n) is 6.91. The molecule has 160 valence electrons. The van der Waals surface area contributed by atoms with Gasteiger partial charge in [-0.2, -0.15) is 5.10 Å². The Labute approximate surface area is 174 Å². The van der Waals surface area contributed by atoms with Crippen molar-refractivity contribution in [2.24, 2.45) is 5.41 Å². The van der Waals surface area contributed by atoms with Gasteiger partial charge in [0.25, 0.3) is 0 Å². The number of ketones is 1. The third-order valence-corrected chi connectivity index (χ3v) is 6.91. The summed E-state index contributed by atoms with van der Waals surface area (Å²) in [6.45, 7) is 7.94. The van der Waals surface area contributed by atoms with Gasteiger partial charge in [0, 0.05) is 19.5 Å². The molecule has 1 saturated heterocycles. The molecule has 0 radical (unpaired) electrons. The van der Waals surface area contributed by atoms with Crippen LogP contribution in [0.2, 0.25) is 0 Å². The van der Waals surface area contributed by atoms with Gasteiger partial charge >= 0.3 is 6.03 Å². The first-order chi connectivity index (χ1) is 13.9. The Morgan fingerprint density at radius 2 is 1.93 bits per heavy atom. The number of aromatic nitrogens is 2. The van der Waals surface area contributed by atoms with E-state index in [0.717, 1.165) is 68.4 Å². The highest BCUT2D eigenvalue weighted by atomic mass is 16.2. The van der Waals surface area contributed by atoms with Crippen LogP contribution in [0.5, 0.6) is 0 Å². The fraction of sp³-hybridized carbons (Fsp3) is 0.783. The monoisotopic (exact) mass is 400 g/mol. The summed E-state index contributed by atoms with van der Waals surface area (Å²) in [5, 5.41) is 8.13. The van der Waals surface area contributed by atoms with Gasteiger partial charge in [-0.05, 0) is 43.9 Å². The van der Waals surface area contributed by atoms with Gasteiger partial charge in [0.1, 0.15) is 0 Å². The van der Waals surface area contributed by atoms with Gasteiger partial charge in [0.2, 0.25) is 0 Å². The number of nitrogens with zero attached hydrogens (tertiary/aromatic N) is 3. The van der Waals surface area contributed by atoms with Crippen molar-refractivity contribution in [3.05, 3.63) is 17.0 Å². The van der Waals surface area contributed by atoms with Crippen LogP contribution in [-0.4, -0.2) is 39.6 Å². The predicted molar refractivity (Wildman–Crippen MR) is 113 cm³/mol. The molecule has 6 heteroatoms. The summed E-state index contributed by atoms with van der Waals surface area (Å²) in [6, 6.07) is 0.333. The molecule has 1 aromatic rings. The van der Waals surface area contributed by atoms with Gasteiger partial charge in [-0.15, -0.1) is 0 Å². The second kappa shape index (κ2) is 8.11. The molecule has 4 rings (SSSR count). The van der Waals surface area contributed by atoms with Crippen molar-refractivity contribution in [2.75, 3.05) is 13.1 Å². The van der Waals surface area contributed by atoms with E-state index in [1.807, 2.05) is 4.90 Å². The van der Waals surface area contributed by atoms with Crippen LogP contribution in [0.3, 0.4) is 0 Å². The zero-order valence-electron chi connectivity index (χ0n) is 18.3. The highest BCUT2D eigenvalue weighted by molar-refractivity contribution is 6.00. The molecule has 6 nitrogen and oxygen atoms in total. The van der Waals surface area contributed by atoms with Crippen molar-refractivity contribution in [3.63, 3.8) is 0 Å². The Balaban J connectivity index is 1.68. The maximum Gasteiger partial charge on any atom is 0.317 e. The lowest BCUT2D eigenvalue weighted by Gasteiger charge is -2.31. The molecular formula is C23H36N4O2. The second-order valence-electron chi connectivity index (χ2n) is 9.97. The Kier molecular flexibility index (Phi) is 5.71. The van der Waals surface area contributed by atoms with Crippen LogP contribution in [0.15, 0.2) is 0 Å². The van der Waals surface area contributed by atoms with E-state index in [2.05, 4.69) is 30.8 Å². The van der Waals surface area contributed by atoms with Crippen LogP contribution in [0.4, 0.5) is 4.79 Å². The number of amides is 2. The maximum absolute atomic E-state index is 13.2. The molecule has 1 saturated carbocycles. The van der Waals surface area contributed by atoms with Gasteiger partial charge in [0.05, 0.1) is 29.0 Å². The first-order valence-corrected chi connectivity index (χ1v) is 11.6. The van der Waals surface area contributed by atoms with Crippen LogP contribution >= 0.6 is 0 Å². The lowest BCUT2D eigenvalue weighted by atomic mass is 9.75. The van der Waals surface area contributed by atoms with E-state index < -0.39 is 0 Å². The zero-order chi connectivity index (χ0) is 20.6. The summed E-state index contributed by atoms with van der Waals surface area (Å²) in [5.41, 5.74) is 2.82. The van der Waals surface area contributed by atoms with Gasteiger partial charge in [0.15, 0.2) is 5.78 Å². The molecule has 0 bridgehead atoms. The van der Waals surface area contributed by atoms with E-state index in [0.29, 0.717) is 19.0 Å². The van der Waals surface area contributed by atoms with E-state index in [4.69, 9.17) is 5.10 Å². The highest BCUT2D eigenvalue weighted by Crippen LogP contribution is 2.43. The molecule has 2 aliphatic carbocycles. The van der Waals surface area contributed by atoms with E-state index in [-0.39, 0.29) is 23.3 Å². The average molecular weight is 401 g/mol. The lowest BCUT2D eigenvalue weighted by molar-refractivity contribution is 0.0906. The lowest BCUT2D eigenvalue weighted by Crippen LogP contribution is -2.40. The van der Waals surface area contributed by atoms with Crippen molar-refractivity contribution in [3.8, 4) is 0 Å². The van der Waals surface area contributed by atoms with Crippen LogP contribution in [0.1, 0.15) is 112 Å². The van der Waals surface area contributed by atoms with E-state index in [9.17, 15) is 9.59 Å². The number of rotatable bonds is 5. The Morgan fingerprint density at radius 3 is 2.66 bits per heavy atom. The first-order valence-electron chi connectivity index (χ1n) is 11.6. The van der Waals surface area contributed by atoms with Crippen molar-refractivity contribution in [2.45, 2.75) is 97.1 Å². The fourth-order valence-electron chi connectivity index (χ4n) is 5.45. The molecule has 2 fully saturated rings. The van der Waals surface area contributed by atoms with Gasteiger partial charge in [-0.25, -0.2) is 4.79 Å². The summed E-state index contributed by atoms with van der Waals surface area (Å²) in [4.78, 5) is 28.0. The largest absolute Gasteiger partial charge is 0.338 e. The number of fused-ring (bicyclic) bond motifs is 1. The highest BCUT2D eigenvalue weighted by Gasteiger charge is 2.42. The molecule has 1 N–H and O–H groups in total. The van der Waals surface area contributed by atoms with Crippen LogP contribution in [-0.2, 0) is 6.42 Å². The minimum atomic E-state index is -0.0711. The van der Waals surface area contributed by atoms with E-state index >= 15 is 0 Å². The van der Waals surface area contributed by atoms with Crippen molar-refractivity contribution < 1.29 is 9.59 Å². The molecule has 1 aromatic heterocycles. The van der Waals surface area contributed by atoms with Crippen molar-refractivity contribution >= 4 is 11.8 Å². The summed E-state index contributed by atoms with van der Waals surface area (Å²) in [6.07, 6.45) is 10.1. The third kappa shape index (κ3) is 3.95. The van der Waals surface area contributed by atoms with Crippen molar-refractivity contribution in [1.82, 2.24) is 20.0 Å². The van der Waals surface area contributed by atoms with Gasteiger partial charge < -0.3 is 10.2 Å². The summed E-state index contributed by atoms with van der Waals surface area (Å²) >= 11 is 0. The zero-order valence-corrected chi connectivity index (χ0v) is 18.3. The molecule has 0 spiro atoms. The summed E-state index contributed by atoms with van der Waals surface area (Å²) in [5.74, 6) is 0.216. The van der Waals surface area contributed by atoms with Gasteiger partial charge in [-0.1, -0.05) is 40.0 Å². The molecule has 2 heterocycles.